The fraction of sp³-hybridized carbons (Fsp3) is 0.143. The van der Waals surface area contributed by atoms with E-state index in [1.807, 2.05) is 79.0 Å². The Kier molecular flexibility index (Phi) is 7.51. The number of hydrogen-bond acceptors (Lipinski definition) is 4. The molecule has 1 saturated heterocycles. The molecule has 0 aliphatic carbocycles. The minimum absolute atomic E-state index is 0.236. The minimum Gasteiger partial charge on any atom is -0.490 e. The number of hydrogen-bond donors (Lipinski definition) is 0. The highest BCUT2D eigenvalue weighted by molar-refractivity contribution is 9.10. The number of halogens is 2. The number of aromatic nitrogens is 1. The Hall–Kier alpha value is -3.00. The van der Waals surface area contributed by atoms with Crippen LogP contribution in [0.25, 0.3) is 17.0 Å². The van der Waals surface area contributed by atoms with Crippen LogP contribution in [0.2, 0.25) is 5.02 Å². The lowest BCUT2D eigenvalue weighted by molar-refractivity contribution is -0.122. The first kappa shape index (κ1) is 24.7. The van der Waals surface area contributed by atoms with Crippen LogP contribution >= 0.6 is 39.3 Å². The zero-order valence-corrected chi connectivity index (χ0v) is 22.4. The van der Waals surface area contributed by atoms with Crippen molar-refractivity contribution < 1.29 is 14.3 Å². The molecule has 1 aliphatic rings. The predicted octanol–water partition coefficient (Wildman–Crippen LogP) is 7.42. The summed E-state index contributed by atoms with van der Waals surface area (Å²) in [5.41, 5.74) is 2.97. The molecule has 8 heteroatoms. The first-order valence-electron chi connectivity index (χ1n) is 11.4. The number of fused-ring (bicyclic) bond motifs is 1. The normalized spacial score (nSPS) is 14.8. The van der Waals surface area contributed by atoms with Crippen molar-refractivity contribution in [3.05, 3.63) is 105 Å². The molecule has 5 nitrogen and oxygen atoms in total. The van der Waals surface area contributed by atoms with E-state index in [4.69, 9.17) is 16.3 Å². The molecule has 2 heterocycles. The van der Waals surface area contributed by atoms with Gasteiger partial charge in [-0.1, -0.05) is 70.0 Å². The quantitative estimate of drug-likeness (QED) is 0.203. The van der Waals surface area contributed by atoms with Crippen molar-refractivity contribution in [3.63, 3.8) is 0 Å². The molecule has 182 valence electrons. The molecule has 0 atom stereocenters. The van der Waals surface area contributed by atoms with E-state index in [9.17, 15) is 9.59 Å². The second-order valence-corrected chi connectivity index (χ2v) is 10.6. The van der Waals surface area contributed by atoms with Gasteiger partial charge in [-0.15, -0.1) is 0 Å². The number of nitrogens with zero attached hydrogens (tertiary/aromatic N) is 2. The third-order valence-corrected chi connectivity index (χ3v) is 7.64. The first-order valence-corrected chi connectivity index (χ1v) is 13.4. The van der Waals surface area contributed by atoms with Gasteiger partial charge in [-0.2, -0.15) is 0 Å². The van der Waals surface area contributed by atoms with Crippen molar-refractivity contribution in [2.24, 2.45) is 0 Å². The number of amides is 2. The lowest BCUT2D eigenvalue weighted by Gasteiger charge is -2.12. The highest BCUT2D eigenvalue weighted by Crippen LogP contribution is 2.35. The second-order valence-electron chi connectivity index (χ2n) is 8.29. The summed E-state index contributed by atoms with van der Waals surface area (Å²) in [4.78, 5) is 27.5. The number of rotatable bonds is 8. The van der Waals surface area contributed by atoms with Crippen LogP contribution in [0.1, 0.15) is 11.1 Å². The maximum Gasteiger partial charge on any atom is 0.293 e. The van der Waals surface area contributed by atoms with Crippen molar-refractivity contribution >= 4 is 67.4 Å². The van der Waals surface area contributed by atoms with E-state index in [0.717, 1.165) is 38.3 Å². The highest BCUT2D eigenvalue weighted by atomic mass is 79.9. The van der Waals surface area contributed by atoms with Crippen LogP contribution in [0.3, 0.4) is 0 Å². The van der Waals surface area contributed by atoms with E-state index >= 15 is 0 Å². The van der Waals surface area contributed by atoms with Gasteiger partial charge in [0.25, 0.3) is 11.1 Å². The Labute approximate surface area is 226 Å². The van der Waals surface area contributed by atoms with Gasteiger partial charge in [-0.05, 0) is 60.2 Å². The van der Waals surface area contributed by atoms with Gasteiger partial charge in [0, 0.05) is 33.7 Å². The SMILES string of the molecule is O=C1S/C(=C\c2cn(CCOc3ccccc3Cl)c3ccc(Br)cc23)C(=O)N1CCc1ccccc1. The molecule has 0 unspecified atom stereocenters. The summed E-state index contributed by atoms with van der Waals surface area (Å²) in [6, 6.07) is 23.3. The Morgan fingerprint density at radius 1 is 0.972 bits per heavy atom. The van der Waals surface area contributed by atoms with Crippen LogP contribution in [0, 0.1) is 0 Å². The van der Waals surface area contributed by atoms with Gasteiger partial charge in [-0.25, -0.2) is 0 Å². The van der Waals surface area contributed by atoms with Gasteiger partial charge in [0.15, 0.2) is 0 Å². The van der Waals surface area contributed by atoms with E-state index in [0.29, 0.717) is 41.8 Å². The summed E-state index contributed by atoms with van der Waals surface area (Å²) in [7, 11) is 0. The van der Waals surface area contributed by atoms with Crippen LogP contribution in [0.4, 0.5) is 4.79 Å². The summed E-state index contributed by atoms with van der Waals surface area (Å²) in [5.74, 6) is 0.390. The lowest BCUT2D eigenvalue weighted by Crippen LogP contribution is -2.30. The van der Waals surface area contributed by atoms with Crippen LogP contribution < -0.4 is 4.74 Å². The van der Waals surface area contributed by atoms with Gasteiger partial charge in [0.2, 0.25) is 0 Å². The van der Waals surface area contributed by atoms with E-state index in [1.54, 1.807) is 6.07 Å². The lowest BCUT2D eigenvalue weighted by atomic mass is 10.1. The van der Waals surface area contributed by atoms with E-state index < -0.39 is 0 Å². The monoisotopic (exact) mass is 580 g/mol. The molecule has 0 N–H and O–H groups in total. The third-order valence-electron chi connectivity index (χ3n) is 5.93. The standard InChI is InChI=1S/C28H22BrClN2O3S/c29-21-10-11-24-22(17-21)20(18-31(24)14-15-35-25-9-5-4-8-23(25)30)16-26-27(33)32(28(34)36-26)13-12-19-6-2-1-3-7-19/h1-11,16-18H,12-15H2/b26-16-. The zero-order valence-electron chi connectivity index (χ0n) is 19.2. The smallest absolute Gasteiger partial charge is 0.293 e. The average molecular weight is 582 g/mol. The molecule has 1 aliphatic heterocycles. The number of ether oxygens (including phenoxy) is 1. The number of thioether (sulfide) groups is 1. The van der Waals surface area contributed by atoms with E-state index in [2.05, 4.69) is 20.5 Å². The first-order chi connectivity index (χ1) is 17.5. The average Bonchev–Trinajstić information content (AvgIpc) is 3.35. The fourth-order valence-corrected chi connectivity index (χ4v) is 5.54. The molecule has 2 amide bonds. The van der Waals surface area contributed by atoms with Crippen molar-refractivity contribution in [3.8, 4) is 5.75 Å². The van der Waals surface area contributed by atoms with E-state index in [1.165, 1.54) is 4.90 Å². The van der Waals surface area contributed by atoms with Crippen molar-refractivity contribution in [2.45, 2.75) is 13.0 Å². The molecule has 5 rings (SSSR count). The summed E-state index contributed by atoms with van der Waals surface area (Å²) in [6.45, 7) is 1.38. The summed E-state index contributed by atoms with van der Waals surface area (Å²) in [5, 5.41) is 1.32. The summed E-state index contributed by atoms with van der Waals surface area (Å²) < 4.78 is 8.90. The largest absolute Gasteiger partial charge is 0.490 e. The third kappa shape index (κ3) is 5.38. The minimum atomic E-state index is -0.251. The molecule has 3 aromatic carbocycles. The Bertz CT molecular complexity index is 1470. The molecule has 0 bridgehead atoms. The molecular weight excluding hydrogens is 560 g/mol. The topological polar surface area (TPSA) is 51.5 Å². The van der Waals surface area contributed by atoms with Crippen LogP contribution in [0.15, 0.2) is 88.4 Å². The van der Waals surface area contributed by atoms with Crippen LogP contribution in [-0.4, -0.2) is 33.8 Å². The Morgan fingerprint density at radius 2 is 1.75 bits per heavy atom. The van der Waals surface area contributed by atoms with Crippen LogP contribution in [-0.2, 0) is 17.8 Å². The summed E-state index contributed by atoms with van der Waals surface area (Å²) in [6.07, 6.45) is 4.43. The van der Waals surface area contributed by atoms with Gasteiger partial charge < -0.3 is 9.30 Å². The van der Waals surface area contributed by atoms with Gasteiger partial charge in [-0.3, -0.25) is 14.5 Å². The maximum atomic E-state index is 13.1. The van der Waals surface area contributed by atoms with Crippen molar-refractivity contribution in [1.29, 1.82) is 0 Å². The predicted molar refractivity (Wildman–Crippen MR) is 149 cm³/mol. The fourth-order valence-electron chi connectivity index (χ4n) is 4.13. The molecule has 1 fully saturated rings. The molecule has 4 aromatic rings. The number of carbonyl (C=O) groups excluding carboxylic acids is 2. The number of para-hydroxylation sites is 1. The molecule has 0 saturated carbocycles. The zero-order chi connectivity index (χ0) is 25.1. The molecular formula is C28H22BrClN2O3S. The van der Waals surface area contributed by atoms with Gasteiger partial charge in [0.05, 0.1) is 16.5 Å². The number of imide groups is 1. The van der Waals surface area contributed by atoms with Gasteiger partial charge >= 0.3 is 0 Å². The Morgan fingerprint density at radius 3 is 2.56 bits per heavy atom. The maximum absolute atomic E-state index is 13.1. The summed E-state index contributed by atoms with van der Waals surface area (Å²) >= 11 is 10.7. The highest BCUT2D eigenvalue weighted by Gasteiger charge is 2.34. The van der Waals surface area contributed by atoms with Crippen molar-refractivity contribution in [2.75, 3.05) is 13.2 Å². The molecule has 36 heavy (non-hydrogen) atoms. The molecule has 0 spiro atoms. The van der Waals surface area contributed by atoms with Crippen LogP contribution in [0.5, 0.6) is 5.75 Å². The second kappa shape index (κ2) is 10.9. The van der Waals surface area contributed by atoms with Crippen molar-refractivity contribution in [1.82, 2.24) is 9.47 Å². The molecule has 0 radical (unpaired) electrons. The Balaban J connectivity index is 1.36. The van der Waals surface area contributed by atoms with E-state index in [-0.39, 0.29) is 11.1 Å². The number of benzene rings is 3. The number of carbonyl (C=O) groups is 2. The van der Waals surface area contributed by atoms with Gasteiger partial charge in [0.1, 0.15) is 12.4 Å². The molecule has 1 aromatic heterocycles.